The quantitative estimate of drug-likeness (QED) is 0.0711. The number of Topliss-reactive ketones (excluding diaryl/α,β-unsaturated/α-hetero) is 1. The second-order valence-corrected chi connectivity index (χ2v) is 17.1. The fourth-order valence-corrected chi connectivity index (χ4v) is 10.6. The van der Waals surface area contributed by atoms with Crippen molar-refractivity contribution in [1.82, 2.24) is 0 Å². The number of nitrogens with zero attached hydrogens (tertiary/aromatic N) is 4. The normalized spacial score (nSPS) is 24.7. The van der Waals surface area contributed by atoms with Crippen LogP contribution in [0.4, 0.5) is 22.7 Å². The summed E-state index contributed by atoms with van der Waals surface area (Å²) in [5, 5.41) is 19.7. The number of hydrogen-bond donors (Lipinski definition) is 1. The van der Waals surface area contributed by atoms with E-state index in [1.807, 2.05) is 116 Å². The van der Waals surface area contributed by atoms with Gasteiger partial charge in [0.05, 0.1) is 45.0 Å². The lowest BCUT2D eigenvalue weighted by Crippen LogP contribution is -2.58. The smallest absolute Gasteiger partial charge is 0.238 e. The maximum Gasteiger partial charge on any atom is 0.238 e. The first-order valence-electron chi connectivity index (χ1n) is 19.9. The van der Waals surface area contributed by atoms with Crippen LogP contribution >= 0.6 is 22.6 Å². The van der Waals surface area contributed by atoms with E-state index in [4.69, 9.17) is 4.74 Å². The number of hydrogen-bond acceptors (Lipinski definition) is 9. The van der Waals surface area contributed by atoms with Crippen LogP contribution in [0.5, 0.6) is 11.5 Å². The zero-order valence-electron chi connectivity index (χ0n) is 33.2. The van der Waals surface area contributed by atoms with Gasteiger partial charge in [-0.3, -0.25) is 24.1 Å². The fourth-order valence-electron chi connectivity index (χ4n) is 10.0. The Labute approximate surface area is 361 Å². The zero-order chi connectivity index (χ0) is 41.9. The van der Waals surface area contributed by atoms with E-state index >= 15 is 9.59 Å². The molecular formula is C49H41IN4O6. The average Bonchev–Trinajstić information content (AvgIpc) is 3.53. The summed E-state index contributed by atoms with van der Waals surface area (Å²) in [5.74, 6) is -4.47. The zero-order valence-corrected chi connectivity index (χ0v) is 35.3. The Hall–Kier alpha value is -6.21. The van der Waals surface area contributed by atoms with Crippen molar-refractivity contribution in [3.05, 3.63) is 159 Å². The second-order valence-electron chi connectivity index (χ2n) is 16.0. The Morgan fingerprint density at radius 2 is 1.43 bits per heavy atom. The van der Waals surface area contributed by atoms with E-state index in [0.29, 0.717) is 42.9 Å². The number of benzene rings is 5. The van der Waals surface area contributed by atoms with Crippen LogP contribution in [0.2, 0.25) is 0 Å². The summed E-state index contributed by atoms with van der Waals surface area (Å²) < 4.78 is 6.17. The third kappa shape index (κ3) is 6.29. The van der Waals surface area contributed by atoms with Crippen molar-refractivity contribution in [2.75, 3.05) is 31.0 Å². The molecule has 6 atom stereocenters. The van der Waals surface area contributed by atoms with Crippen molar-refractivity contribution in [2.45, 2.75) is 24.2 Å². The first kappa shape index (κ1) is 39.3. The van der Waals surface area contributed by atoms with E-state index in [0.717, 1.165) is 11.3 Å². The number of carbonyl (C=O) groups is 4. The Kier molecular flexibility index (Phi) is 10.1. The van der Waals surface area contributed by atoms with E-state index in [1.165, 1.54) is 18.1 Å². The number of carbonyl (C=O) groups excluding carboxylic acids is 4. The van der Waals surface area contributed by atoms with Crippen LogP contribution in [-0.4, -0.2) is 49.7 Å². The van der Waals surface area contributed by atoms with Gasteiger partial charge in [0, 0.05) is 37.2 Å². The minimum Gasteiger partial charge on any atom is -0.504 e. The Morgan fingerprint density at radius 3 is 2.07 bits per heavy atom. The van der Waals surface area contributed by atoms with Gasteiger partial charge in [-0.25, -0.2) is 0 Å². The number of amides is 2. The minimum atomic E-state index is -1.40. The number of aromatic hydroxyl groups is 1. The van der Waals surface area contributed by atoms with Crippen molar-refractivity contribution < 1.29 is 29.0 Å². The highest BCUT2D eigenvalue weighted by Gasteiger charge is 2.66. The molecule has 1 N–H and O–H groups in total. The molecule has 11 heteroatoms. The van der Waals surface area contributed by atoms with Gasteiger partial charge in [-0.2, -0.15) is 10.2 Å². The number of ether oxygens (including phenoxy) is 1. The number of phenolic OH excluding ortho intramolecular Hbond substituents is 1. The van der Waals surface area contributed by atoms with E-state index in [1.54, 1.807) is 30.3 Å². The maximum atomic E-state index is 15.3. The molecule has 9 rings (SSSR count). The Bertz CT molecular complexity index is 2640. The molecule has 2 amide bonds. The topological polar surface area (TPSA) is 129 Å². The summed E-state index contributed by atoms with van der Waals surface area (Å²) in [7, 11) is 5.41. The van der Waals surface area contributed by atoms with Crippen LogP contribution in [0.1, 0.15) is 35.4 Å². The van der Waals surface area contributed by atoms with Crippen LogP contribution in [0.3, 0.4) is 0 Å². The minimum absolute atomic E-state index is 0.0344. The van der Waals surface area contributed by atoms with Gasteiger partial charge in [0.1, 0.15) is 0 Å². The molecule has 0 spiro atoms. The number of methoxy groups -OCH3 is 1. The fraction of sp³-hybridized carbons (Fsp3) is 0.224. The van der Waals surface area contributed by atoms with Gasteiger partial charge in [0.15, 0.2) is 23.1 Å². The second kappa shape index (κ2) is 15.4. The number of allylic oxidation sites excluding steroid dienone is 4. The molecule has 10 nitrogen and oxygen atoms in total. The van der Waals surface area contributed by atoms with Crippen molar-refractivity contribution >= 4 is 74.3 Å². The van der Waals surface area contributed by atoms with Crippen LogP contribution in [0.15, 0.2) is 149 Å². The lowest BCUT2D eigenvalue weighted by atomic mass is 9.44. The average molecular weight is 909 g/mol. The Balaban J connectivity index is 1.14. The number of fused-ring (bicyclic) bond motifs is 4. The molecular weight excluding hydrogens is 867 g/mol. The lowest BCUT2D eigenvalue weighted by molar-refractivity contribution is -0.135. The Morgan fingerprint density at radius 1 is 0.800 bits per heavy atom. The number of ketones is 2. The summed E-state index contributed by atoms with van der Waals surface area (Å²) in [6.45, 7) is 0. The predicted octanol–water partition coefficient (Wildman–Crippen LogP) is 9.52. The van der Waals surface area contributed by atoms with Crippen molar-refractivity contribution in [2.24, 2.45) is 33.9 Å². The van der Waals surface area contributed by atoms with Gasteiger partial charge in [0.25, 0.3) is 0 Å². The third-order valence-corrected chi connectivity index (χ3v) is 13.6. The number of azo groups is 1. The highest BCUT2D eigenvalue weighted by molar-refractivity contribution is 14.1. The molecule has 0 radical (unpaired) electrons. The number of rotatable bonds is 8. The summed E-state index contributed by atoms with van der Waals surface area (Å²) in [4.78, 5) is 63.1. The standard InChI is InChI=1S/C49H41IN4O6/c1-53(2)33-18-14-31(15-19-33)51-52-32-16-20-34(21-17-32)54-47(58)36-23-22-35-38(43(36)48(54)59)26-39-45(56)37(28-10-6-4-7-11-28)27-42(55)49(39,30-12-8-5-9-13-30)44(35)29-24-40(50)46(57)41(25-29)60-3/h4-22,24-25,27,36,38-39,43-44,57H,23,26H2,1-3H3. The highest BCUT2D eigenvalue weighted by Crippen LogP contribution is 2.64. The monoisotopic (exact) mass is 908 g/mol. The van der Waals surface area contributed by atoms with Gasteiger partial charge in [-0.05, 0) is 125 Å². The molecule has 300 valence electrons. The molecule has 2 fully saturated rings. The van der Waals surface area contributed by atoms with E-state index in [9.17, 15) is 14.7 Å². The molecule has 5 aromatic carbocycles. The summed E-state index contributed by atoms with van der Waals surface area (Å²) in [6.07, 6.45) is 3.99. The van der Waals surface area contributed by atoms with E-state index in [-0.39, 0.29) is 47.7 Å². The molecule has 0 bridgehead atoms. The number of anilines is 2. The summed E-state index contributed by atoms with van der Waals surface area (Å²) >= 11 is 2.05. The SMILES string of the molecule is COc1cc(C2C3=CCC4C(=O)N(c5ccc(N=Nc6ccc(N(C)C)cc6)cc5)C(=O)C4C3CC3C(=O)C(c4ccccc4)=CC(=O)C32c2ccccc2)cc(I)c1O. The molecule has 6 unspecified atom stereocenters. The molecule has 60 heavy (non-hydrogen) atoms. The first-order valence-corrected chi connectivity index (χ1v) is 21.0. The van der Waals surface area contributed by atoms with E-state index in [2.05, 4.69) is 32.8 Å². The molecule has 1 saturated carbocycles. The van der Waals surface area contributed by atoms with Gasteiger partial charge in [-0.15, -0.1) is 0 Å². The number of phenols is 1. The first-order chi connectivity index (χ1) is 29.0. The molecule has 1 aliphatic heterocycles. The molecule has 0 aromatic heterocycles. The largest absolute Gasteiger partial charge is 0.504 e. The van der Waals surface area contributed by atoms with Gasteiger partial charge < -0.3 is 14.7 Å². The van der Waals surface area contributed by atoms with Gasteiger partial charge >= 0.3 is 0 Å². The molecule has 1 heterocycles. The summed E-state index contributed by atoms with van der Waals surface area (Å²) in [5.41, 5.74) is 4.47. The van der Waals surface area contributed by atoms with Crippen LogP contribution in [0, 0.1) is 27.2 Å². The lowest BCUT2D eigenvalue weighted by Gasteiger charge is -2.55. The molecule has 3 aliphatic carbocycles. The van der Waals surface area contributed by atoms with Crippen LogP contribution in [0.25, 0.3) is 5.57 Å². The maximum absolute atomic E-state index is 15.3. The molecule has 1 saturated heterocycles. The third-order valence-electron chi connectivity index (χ3n) is 12.7. The molecule has 4 aliphatic rings. The van der Waals surface area contributed by atoms with Gasteiger partial charge in [-0.1, -0.05) is 72.3 Å². The molecule has 5 aromatic rings. The van der Waals surface area contributed by atoms with Crippen molar-refractivity contribution in [3.8, 4) is 11.5 Å². The van der Waals surface area contributed by atoms with E-state index < -0.39 is 35.0 Å². The van der Waals surface area contributed by atoms with Crippen LogP contribution in [-0.2, 0) is 24.6 Å². The number of imide groups is 1. The van der Waals surface area contributed by atoms with Gasteiger partial charge in [0.2, 0.25) is 11.8 Å². The predicted molar refractivity (Wildman–Crippen MR) is 238 cm³/mol. The number of halogens is 1. The van der Waals surface area contributed by atoms with Crippen LogP contribution < -0.4 is 14.5 Å². The van der Waals surface area contributed by atoms with Crippen molar-refractivity contribution in [1.29, 1.82) is 0 Å². The van der Waals surface area contributed by atoms with Crippen molar-refractivity contribution in [3.63, 3.8) is 0 Å². The highest BCUT2D eigenvalue weighted by atomic mass is 127. The summed E-state index contributed by atoms with van der Waals surface area (Å²) in [6, 6.07) is 36.7.